The second kappa shape index (κ2) is 10.2. The van der Waals surface area contributed by atoms with E-state index in [1.54, 1.807) is 36.4 Å². The molecule has 0 aliphatic carbocycles. The van der Waals surface area contributed by atoms with Crippen molar-refractivity contribution in [2.75, 3.05) is 7.11 Å². The highest BCUT2D eigenvalue weighted by molar-refractivity contribution is 5.71. The quantitative estimate of drug-likeness (QED) is 0.383. The molecule has 1 atom stereocenters. The van der Waals surface area contributed by atoms with E-state index in [1.165, 1.54) is 19.2 Å². The normalized spacial score (nSPS) is 12.3. The Balaban J connectivity index is 1.94. The minimum atomic E-state index is -0.872. The molecule has 0 aromatic heterocycles. The van der Waals surface area contributed by atoms with Crippen molar-refractivity contribution in [1.29, 1.82) is 0 Å². The van der Waals surface area contributed by atoms with Gasteiger partial charge in [0.25, 0.3) is 0 Å². The lowest BCUT2D eigenvalue weighted by molar-refractivity contribution is -0.137. The molecule has 0 amide bonds. The van der Waals surface area contributed by atoms with Gasteiger partial charge in [-0.05, 0) is 52.8 Å². The van der Waals surface area contributed by atoms with Gasteiger partial charge in [-0.3, -0.25) is 4.79 Å². The molecule has 0 aliphatic rings. The summed E-state index contributed by atoms with van der Waals surface area (Å²) in [6, 6.07) is 14.9. The number of carbonyl (C=O) groups is 1. The van der Waals surface area contributed by atoms with Crippen LogP contribution in [-0.2, 0) is 16.8 Å². The molecule has 6 heteroatoms. The first-order valence-corrected chi connectivity index (χ1v) is 11.1. The van der Waals surface area contributed by atoms with Crippen LogP contribution < -0.4 is 9.47 Å². The fraction of sp³-hybridized carbons (Fsp3) is 0.321. The van der Waals surface area contributed by atoms with Gasteiger partial charge in [0.2, 0.25) is 0 Å². The number of hydrogen-bond donors (Lipinski definition) is 1. The maximum atomic E-state index is 15.8. The lowest BCUT2D eigenvalue weighted by Crippen LogP contribution is -2.17. The number of carboxylic acids is 1. The molecule has 180 valence electrons. The van der Waals surface area contributed by atoms with Crippen molar-refractivity contribution in [1.82, 2.24) is 0 Å². The number of ether oxygens (including phenoxy) is 2. The van der Waals surface area contributed by atoms with Crippen LogP contribution in [0.2, 0.25) is 0 Å². The van der Waals surface area contributed by atoms with E-state index in [4.69, 9.17) is 14.6 Å². The number of aliphatic carboxylic acids is 1. The van der Waals surface area contributed by atoms with Crippen LogP contribution in [0, 0.1) is 11.6 Å². The van der Waals surface area contributed by atoms with Crippen LogP contribution in [0.4, 0.5) is 8.78 Å². The van der Waals surface area contributed by atoms with Gasteiger partial charge in [-0.25, -0.2) is 8.78 Å². The maximum absolute atomic E-state index is 15.8. The van der Waals surface area contributed by atoms with Gasteiger partial charge in [-0.2, -0.15) is 0 Å². The Morgan fingerprint density at radius 2 is 1.74 bits per heavy atom. The molecule has 0 saturated heterocycles. The second-order valence-corrected chi connectivity index (χ2v) is 9.42. The molecule has 0 unspecified atom stereocenters. The molecule has 3 aromatic carbocycles. The molecule has 0 fully saturated rings. The van der Waals surface area contributed by atoms with Gasteiger partial charge in [0.05, 0.1) is 13.5 Å². The Labute approximate surface area is 199 Å². The zero-order valence-electron chi connectivity index (χ0n) is 20.1. The first-order chi connectivity index (χ1) is 16.0. The Hall–Kier alpha value is -3.41. The van der Waals surface area contributed by atoms with E-state index in [0.717, 1.165) is 5.56 Å². The first kappa shape index (κ1) is 25.2. The molecule has 0 aliphatic heterocycles. The molecule has 1 N–H and O–H groups in total. The summed E-state index contributed by atoms with van der Waals surface area (Å²) >= 11 is 0. The minimum Gasteiger partial charge on any atom is -0.497 e. The molecule has 0 spiro atoms. The number of rotatable bonds is 8. The van der Waals surface area contributed by atoms with E-state index in [0.29, 0.717) is 28.2 Å². The van der Waals surface area contributed by atoms with E-state index in [2.05, 4.69) is 0 Å². The van der Waals surface area contributed by atoms with Crippen molar-refractivity contribution in [2.45, 2.75) is 52.1 Å². The molecule has 3 aromatic rings. The highest BCUT2D eigenvalue weighted by Crippen LogP contribution is 2.39. The first-order valence-electron chi connectivity index (χ1n) is 11.1. The van der Waals surface area contributed by atoms with Gasteiger partial charge in [0.15, 0.2) is 0 Å². The van der Waals surface area contributed by atoms with E-state index in [1.807, 2.05) is 33.8 Å². The molecule has 0 bridgehead atoms. The number of methoxy groups -OCH3 is 1. The monoisotopic (exact) mass is 468 g/mol. The van der Waals surface area contributed by atoms with Crippen molar-refractivity contribution in [2.24, 2.45) is 0 Å². The average Bonchev–Trinajstić information content (AvgIpc) is 2.77. The summed E-state index contributed by atoms with van der Waals surface area (Å²) in [6.07, 6.45) is 0.00924. The average molecular weight is 469 g/mol. The summed E-state index contributed by atoms with van der Waals surface area (Å²) in [7, 11) is 1.50. The van der Waals surface area contributed by atoms with Crippen molar-refractivity contribution in [3.8, 4) is 22.6 Å². The Kier molecular flexibility index (Phi) is 7.60. The predicted molar refractivity (Wildman–Crippen MR) is 128 cm³/mol. The van der Waals surface area contributed by atoms with Crippen molar-refractivity contribution in [3.63, 3.8) is 0 Å². The summed E-state index contributed by atoms with van der Waals surface area (Å²) in [5.41, 5.74) is 1.72. The molecular weight excluding hydrogens is 438 g/mol. The lowest BCUT2D eigenvalue weighted by Gasteiger charge is -2.25. The molecule has 4 nitrogen and oxygen atoms in total. The molecule has 0 heterocycles. The standard InChI is InChI=1S/C28H30F2O4/c1-17(13-25(31)32)18-7-6-8-21(14-18)34-16-19-9-11-22(26(27(19)30)28(2,3)4)23-15-20(33-5)10-12-24(23)29/h6-12,14-15,17H,13,16H2,1-5H3,(H,31,32)/t17-/m0/s1. The number of carboxylic acid groups (broad SMARTS) is 1. The Morgan fingerprint density at radius 1 is 1.00 bits per heavy atom. The van der Waals surface area contributed by atoms with Crippen molar-refractivity contribution < 1.29 is 28.2 Å². The van der Waals surface area contributed by atoms with Gasteiger partial charge in [-0.1, -0.05) is 52.0 Å². The smallest absolute Gasteiger partial charge is 0.303 e. The van der Waals surface area contributed by atoms with Crippen molar-refractivity contribution in [3.05, 3.63) is 82.9 Å². The van der Waals surface area contributed by atoms with E-state index in [-0.39, 0.29) is 24.5 Å². The summed E-state index contributed by atoms with van der Waals surface area (Å²) < 4.78 is 41.6. The second-order valence-electron chi connectivity index (χ2n) is 9.42. The fourth-order valence-corrected chi connectivity index (χ4v) is 3.98. The molecular formula is C28H30F2O4. The van der Waals surface area contributed by atoms with Crippen LogP contribution in [-0.4, -0.2) is 18.2 Å². The van der Waals surface area contributed by atoms with Gasteiger partial charge < -0.3 is 14.6 Å². The summed E-state index contributed by atoms with van der Waals surface area (Å²) in [4.78, 5) is 11.0. The van der Waals surface area contributed by atoms with Crippen LogP contribution >= 0.6 is 0 Å². The van der Waals surface area contributed by atoms with Crippen LogP contribution in [0.15, 0.2) is 54.6 Å². The third kappa shape index (κ3) is 5.74. The minimum absolute atomic E-state index is 0.00924. The van der Waals surface area contributed by atoms with Crippen molar-refractivity contribution >= 4 is 5.97 Å². The Bertz CT molecular complexity index is 1180. The van der Waals surface area contributed by atoms with E-state index >= 15 is 4.39 Å². The fourth-order valence-electron chi connectivity index (χ4n) is 3.98. The number of hydrogen-bond acceptors (Lipinski definition) is 3. The molecule has 3 rings (SSSR count). The van der Waals surface area contributed by atoms with E-state index < -0.39 is 23.0 Å². The van der Waals surface area contributed by atoms with Crippen LogP contribution in [0.3, 0.4) is 0 Å². The zero-order chi connectivity index (χ0) is 25.0. The SMILES string of the molecule is COc1ccc(F)c(-c2ccc(COc3cccc([C@@H](C)CC(=O)O)c3)c(F)c2C(C)(C)C)c1. The summed E-state index contributed by atoms with van der Waals surface area (Å²) in [5.74, 6) is -0.939. The Morgan fingerprint density at radius 3 is 2.38 bits per heavy atom. The summed E-state index contributed by atoms with van der Waals surface area (Å²) in [5, 5.41) is 9.04. The third-order valence-electron chi connectivity index (χ3n) is 5.74. The van der Waals surface area contributed by atoms with Gasteiger partial charge >= 0.3 is 5.97 Å². The van der Waals surface area contributed by atoms with E-state index in [9.17, 15) is 9.18 Å². The largest absolute Gasteiger partial charge is 0.497 e. The van der Waals surface area contributed by atoms with Gasteiger partial charge in [0.1, 0.15) is 29.7 Å². The molecule has 34 heavy (non-hydrogen) atoms. The lowest BCUT2D eigenvalue weighted by atomic mass is 9.80. The van der Waals surface area contributed by atoms with Gasteiger partial charge in [-0.15, -0.1) is 0 Å². The van der Waals surface area contributed by atoms with Gasteiger partial charge in [0, 0.05) is 16.7 Å². The number of halogens is 2. The molecule has 0 radical (unpaired) electrons. The topological polar surface area (TPSA) is 55.8 Å². The van der Waals surface area contributed by atoms with Crippen LogP contribution in [0.5, 0.6) is 11.5 Å². The highest BCUT2D eigenvalue weighted by atomic mass is 19.1. The maximum Gasteiger partial charge on any atom is 0.303 e. The van der Waals surface area contributed by atoms with Crippen LogP contribution in [0.25, 0.3) is 11.1 Å². The van der Waals surface area contributed by atoms with Crippen LogP contribution in [0.1, 0.15) is 56.7 Å². The molecule has 0 saturated carbocycles. The summed E-state index contributed by atoms with van der Waals surface area (Å²) in [6.45, 7) is 7.45. The third-order valence-corrected chi connectivity index (χ3v) is 5.74. The highest BCUT2D eigenvalue weighted by Gasteiger charge is 2.27. The number of benzene rings is 3. The zero-order valence-corrected chi connectivity index (χ0v) is 20.1. The predicted octanol–water partition coefficient (Wildman–Crippen LogP) is 7.10.